The first-order valence-electron chi connectivity index (χ1n) is 11.4. The van der Waals surface area contributed by atoms with Gasteiger partial charge in [0.1, 0.15) is 11.9 Å². The van der Waals surface area contributed by atoms with Crippen LogP contribution in [-0.2, 0) is 4.74 Å². The monoisotopic (exact) mass is 566 g/mol. The van der Waals surface area contributed by atoms with Gasteiger partial charge in [-0.25, -0.2) is 18.9 Å². The number of alkyl halides is 2. The van der Waals surface area contributed by atoms with Gasteiger partial charge in [-0.05, 0) is 25.1 Å². The summed E-state index contributed by atoms with van der Waals surface area (Å²) >= 11 is 7.78. The number of alkyl carbamates (subject to hydrolysis) is 1. The number of fused-ring (bicyclic) bond motifs is 1. The molecular weight excluding hydrogens is 545 g/mol. The van der Waals surface area contributed by atoms with Crippen LogP contribution in [0.1, 0.15) is 42.2 Å². The summed E-state index contributed by atoms with van der Waals surface area (Å²) < 4.78 is 46.3. The zero-order valence-electron chi connectivity index (χ0n) is 20.1. The van der Waals surface area contributed by atoms with Crippen LogP contribution >= 0.6 is 22.9 Å². The number of amidine groups is 1. The number of amides is 1. The smallest absolute Gasteiger partial charge is 0.407 e. The molecule has 2 N–H and O–H groups in total. The van der Waals surface area contributed by atoms with Crippen LogP contribution in [0, 0.1) is 5.82 Å². The van der Waals surface area contributed by atoms with Gasteiger partial charge in [-0.3, -0.25) is 4.99 Å². The molecule has 0 bridgehead atoms. The Morgan fingerprint density at radius 3 is 2.76 bits per heavy atom. The fraction of sp³-hybridized carbons (Fsp3) is 0.333. The number of carbonyl (C=O) groups is 1. The molecule has 1 amide bonds. The first-order chi connectivity index (χ1) is 18.1. The number of aliphatic imine (C=N–C) groups is 1. The molecule has 0 aliphatic carbocycles. The van der Waals surface area contributed by atoms with Crippen molar-refractivity contribution in [1.82, 2.24) is 25.0 Å². The number of aliphatic hydroxyl groups excluding tert-OH is 1. The number of nitrogens with zero attached hydrogens (tertiary/aromatic N) is 5. The molecule has 1 aromatic carbocycles. The molecule has 5 rings (SSSR count). The molecule has 3 aromatic rings. The zero-order chi connectivity index (χ0) is 27.2. The van der Waals surface area contributed by atoms with Crippen molar-refractivity contribution in [3.05, 3.63) is 74.8 Å². The van der Waals surface area contributed by atoms with Crippen LogP contribution in [0.15, 0.2) is 52.7 Å². The lowest BCUT2D eigenvalue weighted by Crippen LogP contribution is -2.57. The number of aromatic nitrogens is 3. The summed E-state index contributed by atoms with van der Waals surface area (Å²) in [5.74, 6) is -0.126. The molecule has 2 aliphatic rings. The standard InChI is InChI=1S/C24H22ClF3N6O3S/c1-12(35)24(31-23(36)37-2)10-17-18(16-5-7-34(32-16)22(27)28)19(14-4-3-13(26)9-15(14)25)30-20(33(17)11-24)21-29-6-8-38-21/h3-9,12,19,22,35H,10-11H2,1-2H3,(H,31,36)/t12?,19-,24+/m0/s1. The Morgan fingerprint density at radius 2 is 2.16 bits per heavy atom. The summed E-state index contributed by atoms with van der Waals surface area (Å²) in [6.07, 6.45) is 1.03. The topological polar surface area (TPSA) is 105 Å². The average Bonchev–Trinajstić information content (AvgIpc) is 3.63. The summed E-state index contributed by atoms with van der Waals surface area (Å²) in [6.45, 7) is -1.26. The van der Waals surface area contributed by atoms with E-state index in [4.69, 9.17) is 21.3 Å². The Labute approximate surface area is 224 Å². The molecule has 2 aromatic heterocycles. The third kappa shape index (κ3) is 4.54. The van der Waals surface area contributed by atoms with Gasteiger partial charge in [-0.2, -0.15) is 13.9 Å². The fourth-order valence-corrected chi connectivity index (χ4v) is 5.65. The largest absolute Gasteiger partial charge is 0.453 e. The maximum Gasteiger partial charge on any atom is 0.407 e. The zero-order valence-corrected chi connectivity index (χ0v) is 21.7. The lowest BCUT2D eigenvalue weighted by atomic mass is 9.87. The van der Waals surface area contributed by atoms with Crippen LogP contribution in [0.2, 0.25) is 5.02 Å². The number of rotatable bonds is 6. The van der Waals surface area contributed by atoms with Crippen LogP contribution in [0.25, 0.3) is 5.57 Å². The van der Waals surface area contributed by atoms with E-state index in [1.165, 1.54) is 43.6 Å². The van der Waals surface area contributed by atoms with Crippen molar-refractivity contribution in [2.45, 2.75) is 37.6 Å². The van der Waals surface area contributed by atoms with Gasteiger partial charge < -0.3 is 20.1 Å². The highest BCUT2D eigenvalue weighted by Crippen LogP contribution is 2.48. The second kappa shape index (κ2) is 10.0. The van der Waals surface area contributed by atoms with Crippen molar-refractivity contribution < 1.29 is 27.8 Å². The second-order valence-corrected chi connectivity index (χ2v) is 10.2. The number of methoxy groups -OCH3 is 1. The third-order valence-corrected chi connectivity index (χ3v) is 7.74. The molecule has 3 atom stereocenters. The summed E-state index contributed by atoms with van der Waals surface area (Å²) in [5.41, 5.74) is 0.376. The van der Waals surface area contributed by atoms with E-state index in [2.05, 4.69) is 15.4 Å². The maximum absolute atomic E-state index is 14.0. The Bertz CT molecular complexity index is 1430. The molecule has 200 valence electrons. The quantitative estimate of drug-likeness (QED) is 0.451. The van der Waals surface area contributed by atoms with Gasteiger partial charge in [0.2, 0.25) is 0 Å². The van der Waals surface area contributed by atoms with E-state index in [-0.39, 0.29) is 23.7 Å². The molecule has 14 heteroatoms. The van der Waals surface area contributed by atoms with Gasteiger partial charge in [0, 0.05) is 46.1 Å². The van der Waals surface area contributed by atoms with E-state index >= 15 is 0 Å². The number of halogens is 4. The molecule has 4 heterocycles. The van der Waals surface area contributed by atoms with Crippen molar-refractivity contribution in [3.63, 3.8) is 0 Å². The Kier molecular flexibility index (Phi) is 6.92. The van der Waals surface area contributed by atoms with Crippen LogP contribution in [0.4, 0.5) is 18.0 Å². The van der Waals surface area contributed by atoms with Gasteiger partial charge >= 0.3 is 12.6 Å². The maximum atomic E-state index is 14.0. The predicted molar refractivity (Wildman–Crippen MR) is 134 cm³/mol. The molecule has 0 radical (unpaired) electrons. The lowest BCUT2D eigenvalue weighted by molar-refractivity contribution is 0.0564. The molecule has 38 heavy (non-hydrogen) atoms. The summed E-state index contributed by atoms with van der Waals surface area (Å²) in [6, 6.07) is 4.42. The van der Waals surface area contributed by atoms with E-state index in [1.54, 1.807) is 16.5 Å². The Balaban J connectivity index is 1.76. The van der Waals surface area contributed by atoms with Gasteiger partial charge in [-0.15, -0.1) is 11.3 Å². The normalized spacial score (nSPS) is 21.9. The van der Waals surface area contributed by atoms with Crippen molar-refractivity contribution in [2.75, 3.05) is 13.7 Å². The van der Waals surface area contributed by atoms with Crippen molar-refractivity contribution in [1.29, 1.82) is 0 Å². The predicted octanol–water partition coefficient (Wildman–Crippen LogP) is 4.62. The number of nitrogens with one attached hydrogen (secondary N) is 1. The highest BCUT2D eigenvalue weighted by atomic mass is 35.5. The molecule has 0 saturated carbocycles. The number of thiazole rings is 1. The fourth-order valence-electron chi connectivity index (χ4n) is 4.74. The van der Waals surface area contributed by atoms with E-state index in [0.717, 1.165) is 12.3 Å². The molecule has 0 spiro atoms. The summed E-state index contributed by atoms with van der Waals surface area (Å²) in [4.78, 5) is 23.4. The number of ether oxygens (including phenoxy) is 1. The van der Waals surface area contributed by atoms with Crippen molar-refractivity contribution in [3.8, 4) is 0 Å². The first kappa shape index (κ1) is 26.2. The first-order valence-corrected chi connectivity index (χ1v) is 12.7. The summed E-state index contributed by atoms with van der Waals surface area (Å²) in [5, 5.41) is 20.1. The lowest BCUT2D eigenvalue weighted by Gasteiger charge is -2.33. The molecule has 2 aliphatic heterocycles. The minimum absolute atomic E-state index is 0.0797. The number of carbonyl (C=O) groups excluding carboxylic acids is 1. The van der Waals surface area contributed by atoms with Crippen molar-refractivity contribution in [2.24, 2.45) is 4.99 Å². The average molecular weight is 567 g/mol. The van der Waals surface area contributed by atoms with Crippen LogP contribution in [-0.4, -0.2) is 62.0 Å². The molecule has 1 unspecified atom stereocenters. The number of aliphatic hydroxyl groups is 1. The SMILES string of the molecule is COC(=O)N[C@]1(C(C)O)CC2=C(c3ccn(C(F)F)n3)[C@H](c3ccc(F)cc3Cl)N=C(c3nccs3)N2C1. The highest BCUT2D eigenvalue weighted by Gasteiger charge is 2.51. The van der Waals surface area contributed by atoms with Gasteiger partial charge in [0.05, 0.1) is 31.0 Å². The Hall–Kier alpha value is -3.42. The highest BCUT2D eigenvalue weighted by molar-refractivity contribution is 7.11. The van der Waals surface area contributed by atoms with Gasteiger partial charge in [0.15, 0.2) is 10.8 Å². The molecule has 1 fully saturated rings. The van der Waals surface area contributed by atoms with E-state index in [9.17, 15) is 23.1 Å². The summed E-state index contributed by atoms with van der Waals surface area (Å²) in [7, 11) is 1.21. The number of benzene rings is 1. The van der Waals surface area contributed by atoms with Crippen molar-refractivity contribution >= 4 is 40.4 Å². The van der Waals surface area contributed by atoms with Crippen LogP contribution in [0.3, 0.4) is 0 Å². The molecule has 1 saturated heterocycles. The molecule has 9 nitrogen and oxygen atoms in total. The third-order valence-electron chi connectivity index (χ3n) is 6.64. The van der Waals surface area contributed by atoms with Gasteiger partial charge in [0.25, 0.3) is 0 Å². The minimum Gasteiger partial charge on any atom is -0.453 e. The number of hydrogen-bond acceptors (Lipinski definition) is 8. The second-order valence-electron chi connectivity index (χ2n) is 8.89. The van der Waals surface area contributed by atoms with E-state index in [1.807, 2.05) is 0 Å². The van der Waals surface area contributed by atoms with Crippen LogP contribution in [0.5, 0.6) is 0 Å². The molecular formula is C24H22ClF3N6O3S. The number of hydrogen-bond donors (Lipinski definition) is 2. The van der Waals surface area contributed by atoms with E-state index in [0.29, 0.717) is 32.4 Å². The van der Waals surface area contributed by atoms with E-state index < -0.39 is 36.1 Å². The van der Waals surface area contributed by atoms with Gasteiger partial charge in [-0.1, -0.05) is 17.7 Å². The minimum atomic E-state index is -2.88. The van der Waals surface area contributed by atoms with Crippen LogP contribution < -0.4 is 5.32 Å². The Morgan fingerprint density at radius 1 is 1.37 bits per heavy atom.